The molecule has 1 aromatic carbocycles. The van der Waals surface area contributed by atoms with Crippen LogP contribution in [-0.2, 0) is 0 Å². The third kappa shape index (κ3) is 5.12. The van der Waals surface area contributed by atoms with Gasteiger partial charge in [0.1, 0.15) is 17.2 Å². The van der Waals surface area contributed by atoms with Crippen LogP contribution in [0.3, 0.4) is 0 Å². The van der Waals surface area contributed by atoms with Crippen molar-refractivity contribution < 1.29 is 14.3 Å². The fraction of sp³-hybridized carbons (Fsp3) is 0.476. The van der Waals surface area contributed by atoms with Gasteiger partial charge in [-0.25, -0.2) is 9.97 Å². The number of aryl methyl sites for hydroxylation is 1. The Bertz CT molecular complexity index is 817. The fourth-order valence-electron chi connectivity index (χ4n) is 3.46. The van der Waals surface area contributed by atoms with Crippen LogP contribution in [0.5, 0.6) is 11.5 Å². The number of ether oxygens (including phenoxy) is 2. The number of methoxy groups -OCH3 is 2. The number of hydrogen-bond acceptors (Lipinski definition) is 6. The third-order valence-corrected chi connectivity index (χ3v) is 4.93. The summed E-state index contributed by atoms with van der Waals surface area (Å²) in [5.41, 5.74) is 1.74. The predicted octanol–water partition coefficient (Wildman–Crippen LogP) is 4.00. The first-order valence-electron chi connectivity index (χ1n) is 9.74. The van der Waals surface area contributed by atoms with Crippen molar-refractivity contribution in [3.05, 3.63) is 35.7 Å². The van der Waals surface area contributed by atoms with E-state index in [1.807, 2.05) is 13.0 Å². The molecule has 0 aliphatic heterocycles. The van der Waals surface area contributed by atoms with Crippen molar-refractivity contribution in [2.45, 2.75) is 51.5 Å². The van der Waals surface area contributed by atoms with Gasteiger partial charge in [-0.15, -0.1) is 0 Å². The van der Waals surface area contributed by atoms with Gasteiger partial charge in [0.2, 0.25) is 5.95 Å². The lowest BCUT2D eigenvalue weighted by Crippen LogP contribution is -2.35. The summed E-state index contributed by atoms with van der Waals surface area (Å²) in [5.74, 6) is 1.51. The molecular weight excluding hydrogens is 356 g/mol. The molecule has 3 rings (SSSR count). The first kappa shape index (κ1) is 19.9. The molecule has 7 heteroatoms. The van der Waals surface area contributed by atoms with Crippen molar-refractivity contribution in [1.82, 2.24) is 15.3 Å². The van der Waals surface area contributed by atoms with Crippen LogP contribution >= 0.6 is 0 Å². The van der Waals surface area contributed by atoms with Crippen LogP contribution in [0.4, 0.5) is 11.6 Å². The summed E-state index contributed by atoms with van der Waals surface area (Å²) in [4.78, 5) is 21.6. The summed E-state index contributed by atoms with van der Waals surface area (Å²) in [6.45, 7) is 1.85. The standard InChI is InChI=1S/C21H28N4O3/c1-14-12-18(20(26)23-15-8-6-4-5-7-9-15)25-21(22-14)24-17-13-16(27-2)10-11-19(17)28-3/h10-13,15H,4-9H2,1-3H3,(H,23,26)(H,22,24,25). The van der Waals surface area contributed by atoms with E-state index in [-0.39, 0.29) is 11.9 Å². The smallest absolute Gasteiger partial charge is 0.270 e. The van der Waals surface area contributed by atoms with Crippen molar-refractivity contribution in [2.75, 3.05) is 19.5 Å². The zero-order valence-electron chi connectivity index (χ0n) is 16.7. The summed E-state index contributed by atoms with van der Waals surface area (Å²) in [5, 5.41) is 6.27. The molecule has 1 aliphatic rings. The Hall–Kier alpha value is -2.83. The average Bonchev–Trinajstić information content (AvgIpc) is 2.96. The van der Waals surface area contributed by atoms with E-state index in [0.717, 1.165) is 25.7 Å². The van der Waals surface area contributed by atoms with Crippen molar-refractivity contribution in [1.29, 1.82) is 0 Å². The summed E-state index contributed by atoms with van der Waals surface area (Å²) in [7, 11) is 3.19. The number of aromatic nitrogens is 2. The number of carbonyl (C=O) groups is 1. The maximum absolute atomic E-state index is 12.7. The molecule has 0 spiro atoms. The number of nitrogens with zero attached hydrogens (tertiary/aromatic N) is 2. The van der Waals surface area contributed by atoms with Gasteiger partial charge in [-0.2, -0.15) is 0 Å². The van der Waals surface area contributed by atoms with Crippen LogP contribution in [-0.4, -0.2) is 36.1 Å². The topological polar surface area (TPSA) is 85.4 Å². The van der Waals surface area contributed by atoms with Crippen LogP contribution in [0.25, 0.3) is 0 Å². The largest absolute Gasteiger partial charge is 0.497 e. The second-order valence-electron chi connectivity index (χ2n) is 7.07. The lowest BCUT2D eigenvalue weighted by molar-refractivity contribution is 0.0928. The van der Waals surface area contributed by atoms with Gasteiger partial charge in [-0.1, -0.05) is 25.7 Å². The maximum Gasteiger partial charge on any atom is 0.270 e. The number of hydrogen-bond donors (Lipinski definition) is 2. The average molecular weight is 384 g/mol. The van der Waals surface area contributed by atoms with Crippen LogP contribution in [0, 0.1) is 6.92 Å². The van der Waals surface area contributed by atoms with Crippen molar-refractivity contribution in [3.63, 3.8) is 0 Å². The van der Waals surface area contributed by atoms with Crippen LogP contribution in [0.1, 0.15) is 54.7 Å². The zero-order valence-corrected chi connectivity index (χ0v) is 16.7. The number of amides is 1. The predicted molar refractivity (Wildman–Crippen MR) is 109 cm³/mol. The molecule has 28 heavy (non-hydrogen) atoms. The number of rotatable bonds is 6. The van der Waals surface area contributed by atoms with Crippen molar-refractivity contribution in [2.24, 2.45) is 0 Å². The summed E-state index contributed by atoms with van der Waals surface area (Å²) < 4.78 is 10.7. The van der Waals surface area contributed by atoms with E-state index in [1.165, 1.54) is 12.8 Å². The Morgan fingerprint density at radius 3 is 2.46 bits per heavy atom. The number of benzene rings is 1. The lowest BCUT2D eigenvalue weighted by atomic mass is 10.1. The molecule has 1 saturated carbocycles. The minimum absolute atomic E-state index is 0.155. The van der Waals surface area contributed by atoms with Crippen LogP contribution < -0.4 is 20.1 Å². The number of nitrogens with one attached hydrogen (secondary N) is 2. The van der Waals surface area contributed by atoms with Gasteiger partial charge in [0.15, 0.2) is 0 Å². The molecule has 0 bridgehead atoms. The first-order chi connectivity index (χ1) is 13.6. The second kappa shape index (κ2) is 9.39. The molecule has 2 aromatic rings. The van der Waals surface area contributed by atoms with Gasteiger partial charge in [-0.3, -0.25) is 4.79 Å². The molecule has 0 saturated heterocycles. The third-order valence-electron chi connectivity index (χ3n) is 4.93. The molecule has 0 radical (unpaired) electrons. The van der Waals surface area contributed by atoms with E-state index in [1.54, 1.807) is 32.4 Å². The highest BCUT2D eigenvalue weighted by atomic mass is 16.5. The molecule has 0 atom stereocenters. The molecule has 0 unspecified atom stereocenters. The van der Waals surface area contributed by atoms with E-state index in [9.17, 15) is 4.79 Å². The number of anilines is 2. The zero-order chi connectivity index (χ0) is 19.9. The molecule has 1 fully saturated rings. The monoisotopic (exact) mass is 384 g/mol. The fourth-order valence-corrected chi connectivity index (χ4v) is 3.46. The number of carbonyl (C=O) groups excluding carboxylic acids is 1. The Balaban J connectivity index is 1.78. The summed E-state index contributed by atoms with van der Waals surface area (Å²) in [6, 6.07) is 7.35. The quantitative estimate of drug-likeness (QED) is 0.732. The molecule has 1 amide bonds. The minimum atomic E-state index is -0.155. The maximum atomic E-state index is 12.7. The molecule has 1 aliphatic carbocycles. The highest BCUT2D eigenvalue weighted by molar-refractivity contribution is 5.93. The van der Waals surface area contributed by atoms with E-state index in [2.05, 4.69) is 20.6 Å². The van der Waals surface area contributed by atoms with Crippen molar-refractivity contribution >= 4 is 17.5 Å². The normalized spacial score (nSPS) is 14.8. The van der Waals surface area contributed by atoms with Gasteiger partial charge in [0.25, 0.3) is 5.91 Å². The van der Waals surface area contributed by atoms with Crippen molar-refractivity contribution in [3.8, 4) is 11.5 Å². The lowest BCUT2D eigenvalue weighted by Gasteiger charge is -2.16. The Morgan fingerprint density at radius 1 is 1.04 bits per heavy atom. The highest BCUT2D eigenvalue weighted by Crippen LogP contribution is 2.30. The molecule has 2 N–H and O–H groups in total. The highest BCUT2D eigenvalue weighted by Gasteiger charge is 2.18. The van der Waals surface area contributed by atoms with Gasteiger partial charge in [0.05, 0.1) is 19.9 Å². The Morgan fingerprint density at radius 2 is 1.79 bits per heavy atom. The molecule has 1 aromatic heterocycles. The van der Waals surface area contributed by atoms with E-state index >= 15 is 0 Å². The van der Waals surface area contributed by atoms with Gasteiger partial charge < -0.3 is 20.1 Å². The van der Waals surface area contributed by atoms with E-state index < -0.39 is 0 Å². The molecule has 7 nitrogen and oxygen atoms in total. The first-order valence-corrected chi connectivity index (χ1v) is 9.74. The summed E-state index contributed by atoms with van der Waals surface area (Å²) >= 11 is 0. The summed E-state index contributed by atoms with van der Waals surface area (Å²) in [6.07, 6.45) is 6.88. The van der Waals surface area contributed by atoms with Crippen LogP contribution in [0.2, 0.25) is 0 Å². The van der Waals surface area contributed by atoms with Gasteiger partial charge in [0, 0.05) is 17.8 Å². The molecule has 1 heterocycles. The van der Waals surface area contributed by atoms with Gasteiger partial charge in [-0.05, 0) is 38.0 Å². The minimum Gasteiger partial charge on any atom is -0.497 e. The second-order valence-corrected chi connectivity index (χ2v) is 7.07. The Kier molecular flexibility index (Phi) is 6.68. The molecular formula is C21H28N4O3. The van der Waals surface area contributed by atoms with Gasteiger partial charge >= 0.3 is 0 Å². The van der Waals surface area contributed by atoms with Crippen LogP contribution in [0.15, 0.2) is 24.3 Å². The Labute approximate surface area is 165 Å². The van der Waals surface area contributed by atoms with E-state index in [4.69, 9.17) is 9.47 Å². The molecule has 150 valence electrons. The van der Waals surface area contributed by atoms with E-state index in [0.29, 0.717) is 34.5 Å². The SMILES string of the molecule is COc1ccc(OC)c(Nc2nc(C)cc(C(=O)NC3CCCCCC3)n2)c1.